The van der Waals surface area contributed by atoms with Crippen molar-refractivity contribution in [3.63, 3.8) is 0 Å². The van der Waals surface area contributed by atoms with Crippen LogP contribution in [0.4, 0.5) is 0 Å². The van der Waals surface area contributed by atoms with Crippen molar-refractivity contribution in [1.29, 1.82) is 0 Å². The molecular formula is C4H7LiO2. The Labute approximate surface area is 55.9 Å². The van der Waals surface area contributed by atoms with E-state index < -0.39 is 5.97 Å². The Balaban J connectivity index is -0.000000125. The predicted octanol–water partition coefficient (Wildman–Crippen LogP) is -2.24. The first-order chi connectivity index (χ1) is 2.64. The van der Waals surface area contributed by atoms with Gasteiger partial charge in [0, 0.05) is 5.57 Å². The van der Waals surface area contributed by atoms with Crippen molar-refractivity contribution in [2.24, 2.45) is 0 Å². The summed E-state index contributed by atoms with van der Waals surface area (Å²) in [6.07, 6.45) is 0. The molecule has 0 unspecified atom stereocenters. The van der Waals surface area contributed by atoms with Gasteiger partial charge >= 0.3 is 24.8 Å². The smallest absolute Gasteiger partial charge is 1.00 e. The van der Waals surface area contributed by atoms with Crippen molar-refractivity contribution in [2.45, 2.75) is 6.92 Å². The minimum absolute atomic E-state index is 0. The molecule has 0 saturated carbocycles. The fourth-order valence-corrected chi connectivity index (χ4v) is 0. The molecule has 1 N–H and O–H groups in total. The summed E-state index contributed by atoms with van der Waals surface area (Å²) >= 11 is 0. The van der Waals surface area contributed by atoms with Crippen molar-refractivity contribution in [3.05, 3.63) is 12.2 Å². The zero-order valence-corrected chi connectivity index (χ0v) is 4.56. The predicted molar refractivity (Wildman–Crippen MR) is 23.6 cm³/mol. The zero-order valence-electron chi connectivity index (χ0n) is 5.56. The summed E-state index contributed by atoms with van der Waals surface area (Å²) in [5.74, 6) is -0.935. The largest absolute Gasteiger partial charge is 1.00 e. The van der Waals surface area contributed by atoms with Crippen LogP contribution in [0, 0.1) is 0 Å². The van der Waals surface area contributed by atoms with E-state index in [1.165, 1.54) is 6.92 Å². The minimum atomic E-state index is -0.935. The standard InChI is InChI=1S/C4H6O2.Li.H/c1-3(2)4(5)6;;/h1H2,2H3,(H,5,6);;/q;+1;-1. The van der Waals surface area contributed by atoms with Crippen LogP contribution >= 0.6 is 0 Å². The minimum Gasteiger partial charge on any atom is -1.00 e. The van der Waals surface area contributed by atoms with Gasteiger partial charge in [-0.25, -0.2) is 4.79 Å². The van der Waals surface area contributed by atoms with E-state index in [0.717, 1.165) is 0 Å². The van der Waals surface area contributed by atoms with Crippen molar-refractivity contribution < 1.29 is 30.2 Å². The molecule has 0 heterocycles. The Bertz CT molecular complexity index is 80.0. The molecule has 2 nitrogen and oxygen atoms in total. The van der Waals surface area contributed by atoms with Gasteiger partial charge in [0.2, 0.25) is 0 Å². The third-order valence-corrected chi connectivity index (χ3v) is 0.365. The van der Waals surface area contributed by atoms with Gasteiger partial charge in [0.05, 0.1) is 0 Å². The van der Waals surface area contributed by atoms with Gasteiger partial charge in [-0.2, -0.15) is 0 Å². The number of carboxylic acid groups (broad SMARTS) is 1. The zero-order chi connectivity index (χ0) is 5.15. The van der Waals surface area contributed by atoms with E-state index in [1.54, 1.807) is 0 Å². The number of hydrogen-bond donors (Lipinski definition) is 1. The number of rotatable bonds is 1. The second kappa shape index (κ2) is 3.98. The molecule has 3 heteroatoms. The molecule has 0 bridgehead atoms. The molecular weight excluding hydrogens is 87.0 g/mol. The maximum Gasteiger partial charge on any atom is 1.00 e. The van der Waals surface area contributed by atoms with E-state index in [4.69, 9.17) is 5.11 Å². The SMILES string of the molecule is C=C(C)C(=O)O.[H-].[Li+]. The summed E-state index contributed by atoms with van der Waals surface area (Å²) in [5, 5.41) is 7.89. The Morgan fingerprint density at radius 2 is 2.00 bits per heavy atom. The van der Waals surface area contributed by atoms with Crippen LogP contribution in [0.1, 0.15) is 8.35 Å². The average Bonchev–Trinajstić information content (AvgIpc) is 1.36. The normalized spacial score (nSPS) is 6.43. The van der Waals surface area contributed by atoms with E-state index in [0.29, 0.717) is 0 Å². The number of carbonyl (C=O) groups is 1. The molecule has 0 aliphatic carbocycles. The van der Waals surface area contributed by atoms with E-state index in [2.05, 4.69) is 6.58 Å². The van der Waals surface area contributed by atoms with Gasteiger partial charge in [-0.05, 0) is 6.92 Å². The van der Waals surface area contributed by atoms with E-state index in [-0.39, 0.29) is 25.9 Å². The van der Waals surface area contributed by atoms with Crippen molar-refractivity contribution in [2.75, 3.05) is 0 Å². The molecule has 0 aliphatic heterocycles. The van der Waals surface area contributed by atoms with Crippen LogP contribution in [0.2, 0.25) is 0 Å². The third-order valence-electron chi connectivity index (χ3n) is 0.365. The Morgan fingerprint density at radius 3 is 2.00 bits per heavy atom. The second-order valence-electron chi connectivity index (χ2n) is 1.09. The first-order valence-electron chi connectivity index (χ1n) is 1.53. The van der Waals surface area contributed by atoms with Gasteiger partial charge in [0.1, 0.15) is 0 Å². The molecule has 0 fully saturated rings. The van der Waals surface area contributed by atoms with Crippen molar-refractivity contribution in [3.8, 4) is 0 Å². The van der Waals surface area contributed by atoms with Crippen LogP contribution in [0.15, 0.2) is 12.2 Å². The monoisotopic (exact) mass is 94.1 g/mol. The topological polar surface area (TPSA) is 37.3 Å². The number of aliphatic carboxylic acids is 1. The first kappa shape index (κ1) is 9.93. The summed E-state index contributed by atoms with van der Waals surface area (Å²) in [6.45, 7) is 4.60. The molecule has 0 radical (unpaired) electrons. The van der Waals surface area contributed by atoms with Gasteiger partial charge in [0.25, 0.3) is 0 Å². The molecule has 0 aromatic carbocycles. The van der Waals surface area contributed by atoms with E-state index in [9.17, 15) is 4.79 Å². The summed E-state index contributed by atoms with van der Waals surface area (Å²) in [4.78, 5) is 9.60. The van der Waals surface area contributed by atoms with Gasteiger partial charge in [0.15, 0.2) is 0 Å². The Kier molecular flexibility index (Phi) is 5.65. The maximum absolute atomic E-state index is 9.60. The quantitative estimate of drug-likeness (QED) is 0.295. The molecule has 7 heavy (non-hydrogen) atoms. The van der Waals surface area contributed by atoms with Gasteiger partial charge in [-0.1, -0.05) is 6.58 Å². The maximum atomic E-state index is 9.60. The van der Waals surface area contributed by atoms with Crippen molar-refractivity contribution >= 4 is 5.97 Å². The molecule has 0 rings (SSSR count). The average molecular weight is 94.0 g/mol. The summed E-state index contributed by atoms with van der Waals surface area (Å²) in [6, 6.07) is 0. The van der Waals surface area contributed by atoms with Crippen LogP contribution in [0.3, 0.4) is 0 Å². The van der Waals surface area contributed by atoms with Crippen molar-refractivity contribution in [1.82, 2.24) is 0 Å². The van der Waals surface area contributed by atoms with Crippen LogP contribution in [0.5, 0.6) is 0 Å². The second-order valence-corrected chi connectivity index (χ2v) is 1.09. The first-order valence-corrected chi connectivity index (χ1v) is 1.53. The number of carboxylic acids is 1. The van der Waals surface area contributed by atoms with Crippen LogP contribution in [-0.4, -0.2) is 11.1 Å². The summed E-state index contributed by atoms with van der Waals surface area (Å²) in [7, 11) is 0. The van der Waals surface area contributed by atoms with E-state index in [1.807, 2.05) is 0 Å². The summed E-state index contributed by atoms with van der Waals surface area (Å²) < 4.78 is 0. The van der Waals surface area contributed by atoms with Crippen LogP contribution in [-0.2, 0) is 4.79 Å². The molecule has 0 atom stereocenters. The third kappa shape index (κ3) is 5.81. The van der Waals surface area contributed by atoms with Gasteiger partial charge in [-0.15, -0.1) is 0 Å². The fraction of sp³-hybridized carbons (Fsp3) is 0.250. The number of hydrogen-bond acceptors (Lipinski definition) is 1. The van der Waals surface area contributed by atoms with Gasteiger partial charge in [-0.3, -0.25) is 0 Å². The molecule has 0 aromatic rings. The van der Waals surface area contributed by atoms with Crippen LogP contribution in [0.25, 0.3) is 0 Å². The fourth-order valence-electron chi connectivity index (χ4n) is 0. The molecule has 0 aromatic heterocycles. The Morgan fingerprint density at radius 1 is 1.86 bits per heavy atom. The molecule has 36 valence electrons. The van der Waals surface area contributed by atoms with Gasteiger partial charge < -0.3 is 6.53 Å². The molecule has 0 saturated heterocycles. The summed E-state index contributed by atoms with van der Waals surface area (Å²) in [5.41, 5.74) is 0.176. The Hall–Kier alpha value is -0.193. The molecule has 0 spiro atoms. The van der Waals surface area contributed by atoms with E-state index >= 15 is 0 Å². The molecule has 0 aliphatic rings. The molecule has 0 amide bonds. The van der Waals surface area contributed by atoms with Crippen LogP contribution < -0.4 is 18.9 Å².